The average molecular weight is 180 g/mol. The molecule has 0 spiro atoms. The van der Waals surface area contributed by atoms with E-state index >= 15 is 0 Å². The highest BCUT2D eigenvalue weighted by atomic mass is 14.2. The third-order valence-electron chi connectivity index (χ3n) is 3.38. The van der Waals surface area contributed by atoms with Crippen LogP contribution in [0.15, 0.2) is 11.1 Å². The molecule has 0 amide bonds. The van der Waals surface area contributed by atoms with Gasteiger partial charge in [0.05, 0.1) is 0 Å². The fourth-order valence-corrected chi connectivity index (χ4v) is 2.26. The minimum absolute atomic E-state index is 0.848. The van der Waals surface area contributed by atoms with Crippen LogP contribution in [-0.2, 0) is 0 Å². The van der Waals surface area contributed by atoms with Gasteiger partial charge in [-0.25, -0.2) is 0 Å². The number of allylic oxidation sites excluding steroid dienone is 2. The van der Waals surface area contributed by atoms with Gasteiger partial charge in [-0.15, -0.1) is 0 Å². The zero-order chi connectivity index (χ0) is 9.84. The van der Waals surface area contributed by atoms with Crippen LogP contribution in [0.5, 0.6) is 0 Å². The van der Waals surface area contributed by atoms with Crippen LogP contribution in [0.25, 0.3) is 0 Å². The van der Waals surface area contributed by atoms with Gasteiger partial charge in [0, 0.05) is 0 Å². The predicted molar refractivity (Wildman–Crippen MR) is 59.8 cm³/mol. The van der Waals surface area contributed by atoms with E-state index in [9.17, 15) is 0 Å². The van der Waals surface area contributed by atoms with Crippen molar-refractivity contribution in [2.75, 3.05) is 0 Å². The SMILES string of the molecule is CCC(CC(C)C)C(C)=C1CCC1. The molecule has 0 aromatic heterocycles. The zero-order valence-corrected chi connectivity index (χ0v) is 9.69. The van der Waals surface area contributed by atoms with Gasteiger partial charge >= 0.3 is 0 Å². The third kappa shape index (κ3) is 2.86. The molecule has 0 aromatic rings. The summed E-state index contributed by atoms with van der Waals surface area (Å²) in [6.45, 7) is 9.36. The minimum atomic E-state index is 0.848. The second-order valence-corrected chi connectivity index (χ2v) is 4.87. The van der Waals surface area contributed by atoms with Crippen molar-refractivity contribution >= 4 is 0 Å². The second kappa shape index (κ2) is 4.83. The Bertz CT molecular complexity index is 180. The lowest BCUT2D eigenvalue weighted by Gasteiger charge is -2.26. The van der Waals surface area contributed by atoms with Crippen molar-refractivity contribution in [3.8, 4) is 0 Å². The molecule has 0 radical (unpaired) electrons. The fraction of sp³-hybridized carbons (Fsp3) is 0.846. The molecular weight excluding hydrogens is 156 g/mol. The minimum Gasteiger partial charge on any atom is -0.0710 e. The maximum atomic E-state index is 2.37. The molecule has 1 rings (SSSR count). The van der Waals surface area contributed by atoms with Gasteiger partial charge in [0.15, 0.2) is 0 Å². The Morgan fingerprint density at radius 1 is 1.31 bits per heavy atom. The predicted octanol–water partition coefficient (Wildman–Crippen LogP) is 4.56. The van der Waals surface area contributed by atoms with Gasteiger partial charge in [0.1, 0.15) is 0 Å². The van der Waals surface area contributed by atoms with Gasteiger partial charge in [-0.1, -0.05) is 31.9 Å². The van der Waals surface area contributed by atoms with Crippen LogP contribution >= 0.6 is 0 Å². The Balaban J connectivity index is 2.54. The fourth-order valence-electron chi connectivity index (χ4n) is 2.26. The van der Waals surface area contributed by atoms with Crippen LogP contribution < -0.4 is 0 Å². The Kier molecular flexibility index (Phi) is 4.02. The summed E-state index contributed by atoms with van der Waals surface area (Å²) < 4.78 is 0. The number of rotatable bonds is 4. The largest absolute Gasteiger partial charge is 0.0710 e. The van der Waals surface area contributed by atoms with Gasteiger partial charge < -0.3 is 0 Å². The van der Waals surface area contributed by atoms with Crippen LogP contribution in [0.1, 0.15) is 59.8 Å². The smallest absolute Gasteiger partial charge is 0.0204 e. The summed E-state index contributed by atoms with van der Waals surface area (Å²) in [7, 11) is 0. The number of hydrogen-bond acceptors (Lipinski definition) is 0. The van der Waals surface area contributed by atoms with Crippen molar-refractivity contribution in [2.45, 2.75) is 59.8 Å². The lowest BCUT2D eigenvalue weighted by molar-refractivity contribution is 0.436. The lowest BCUT2D eigenvalue weighted by Crippen LogP contribution is -2.10. The van der Waals surface area contributed by atoms with E-state index < -0.39 is 0 Å². The monoisotopic (exact) mass is 180 g/mol. The molecule has 0 nitrogen and oxygen atoms in total. The van der Waals surface area contributed by atoms with E-state index in [0.29, 0.717) is 0 Å². The van der Waals surface area contributed by atoms with Crippen LogP contribution in [0.2, 0.25) is 0 Å². The van der Waals surface area contributed by atoms with E-state index in [-0.39, 0.29) is 0 Å². The summed E-state index contributed by atoms with van der Waals surface area (Å²) in [6, 6.07) is 0. The zero-order valence-electron chi connectivity index (χ0n) is 9.69. The first kappa shape index (κ1) is 10.8. The molecular formula is C13H24. The summed E-state index contributed by atoms with van der Waals surface area (Å²) in [4.78, 5) is 0. The molecule has 1 saturated carbocycles. The Labute approximate surface area is 83.4 Å². The standard InChI is InChI=1S/C13H24/c1-5-12(9-10(2)3)11(4)13-7-6-8-13/h10,12H,5-9H2,1-4H3. The highest BCUT2D eigenvalue weighted by molar-refractivity contribution is 5.20. The van der Waals surface area contributed by atoms with E-state index in [1.807, 2.05) is 0 Å². The molecule has 76 valence electrons. The van der Waals surface area contributed by atoms with Gasteiger partial charge in [-0.05, 0) is 50.9 Å². The summed E-state index contributed by atoms with van der Waals surface area (Å²) in [5.74, 6) is 1.72. The molecule has 0 aromatic carbocycles. The summed E-state index contributed by atoms with van der Waals surface area (Å²) in [5, 5.41) is 0. The molecule has 0 saturated heterocycles. The maximum Gasteiger partial charge on any atom is -0.0204 e. The summed E-state index contributed by atoms with van der Waals surface area (Å²) in [5.41, 5.74) is 3.50. The molecule has 0 N–H and O–H groups in total. The first-order valence-corrected chi connectivity index (χ1v) is 5.83. The highest BCUT2D eigenvalue weighted by Gasteiger charge is 2.18. The van der Waals surface area contributed by atoms with Gasteiger partial charge in [0.2, 0.25) is 0 Å². The molecule has 0 heteroatoms. The normalized spacial score (nSPS) is 18.7. The van der Waals surface area contributed by atoms with Crippen LogP contribution in [-0.4, -0.2) is 0 Å². The van der Waals surface area contributed by atoms with Gasteiger partial charge in [-0.3, -0.25) is 0 Å². The number of hydrogen-bond donors (Lipinski definition) is 0. The van der Waals surface area contributed by atoms with Crippen molar-refractivity contribution in [1.82, 2.24) is 0 Å². The van der Waals surface area contributed by atoms with Crippen LogP contribution in [0.4, 0.5) is 0 Å². The first-order valence-electron chi connectivity index (χ1n) is 5.83. The van der Waals surface area contributed by atoms with Crippen molar-refractivity contribution in [2.24, 2.45) is 11.8 Å². The average Bonchev–Trinajstić information content (AvgIpc) is 1.96. The van der Waals surface area contributed by atoms with Crippen molar-refractivity contribution in [1.29, 1.82) is 0 Å². The topological polar surface area (TPSA) is 0 Å². The second-order valence-electron chi connectivity index (χ2n) is 4.87. The molecule has 1 fully saturated rings. The first-order chi connectivity index (χ1) is 6.15. The van der Waals surface area contributed by atoms with E-state index in [2.05, 4.69) is 27.7 Å². The molecule has 13 heavy (non-hydrogen) atoms. The molecule has 0 bridgehead atoms. The van der Waals surface area contributed by atoms with E-state index in [1.165, 1.54) is 32.1 Å². The van der Waals surface area contributed by atoms with Crippen molar-refractivity contribution in [3.05, 3.63) is 11.1 Å². The third-order valence-corrected chi connectivity index (χ3v) is 3.38. The maximum absolute atomic E-state index is 2.37. The molecule has 1 aliphatic carbocycles. The molecule has 0 heterocycles. The van der Waals surface area contributed by atoms with E-state index in [0.717, 1.165) is 11.8 Å². The van der Waals surface area contributed by atoms with Gasteiger partial charge in [-0.2, -0.15) is 0 Å². The molecule has 1 aliphatic rings. The van der Waals surface area contributed by atoms with Crippen molar-refractivity contribution < 1.29 is 0 Å². The lowest BCUT2D eigenvalue weighted by atomic mass is 9.80. The van der Waals surface area contributed by atoms with E-state index in [4.69, 9.17) is 0 Å². The molecule has 0 aliphatic heterocycles. The Morgan fingerprint density at radius 2 is 1.92 bits per heavy atom. The van der Waals surface area contributed by atoms with E-state index in [1.54, 1.807) is 11.1 Å². The van der Waals surface area contributed by atoms with Gasteiger partial charge in [0.25, 0.3) is 0 Å². The Morgan fingerprint density at radius 3 is 2.23 bits per heavy atom. The summed E-state index contributed by atoms with van der Waals surface area (Å²) >= 11 is 0. The van der Waals surface area contributed by atoms with Crippen LogP contribution in [0.3, 0.4) is 0 Å². The Hall–Kier alpha value is -0.260. The highest BCUT2D eigenvalue weighted by Crippen LogP contribution is 2.34. The summed E-state index contributed by atoms with van der Waals surface area (Å²) in [6.07, 6.45) is 6.92. The molecule has 1 unspecified atom stereocenters. The quantitative estimate of drug-likeness (QED) is 0.556. The molecule has 1 atom stereocenters. The van der Waals surface area contributed by atoms with Crippen molar-refractivity contribution in [3.63, 3.8) is 0 Å². The van der Waals surface area contributed by atoms with Crippen LogP contribution in [0, 0.1) is 11.8 Å².